The Morgan fingerprint density at radius 2 is 0.541 bits per heavy atom. The maximum atomic E-state index is 12.7. The fraction of sp³-hybridized carbons (Fsp3) is 0.386. The number of anilines is 12. The number of carbonyl (C=O) groups is 6. The van der Waals surface area contributed by atoms with Crippen LogP contribution in [0.2, 0.25) is 0 Å². The summed E-state index contributed by atoms with van der Waals surface area (Å²) in [5.74, 6) is 3.87. The van der Waals surface area contributed by atoms with E-state index in [9.17, 15) is 39.0 Å². The maximum Gasteiger partial charge on any atom is 0.274 e. The molecule has 764 valence electrons. The Balaban J connectivity index is 0.000000147. The Kier molecular flexibility index (Phi) is 40.9. The average molecular weight is 1970 g/mol. The topological polar surface area (TPSA) is 442 Å². The first-order chi connectivity index (χ1) is 70.5. The minimum absolute atomic E-state index is 0. The summed E-state index contributed by atoms with van der Waals surface area (Å²) in [6, 6.07) is 55.2. The lowest BCUT2D eigenvalue weighted by Gasteiger charge is -2.23. The fourth-order valence-corrected chi connectivity index (χ4v) is 18.4. The second kappa shape index (κ2) is 55.4. The Morgan fingerprint density at radius 1 is 0.253 bits per heavy atom. The van der Waals surface area contributed by atoms with Crippen LogP contribution in [0.1, 0.15) is 296 Å². The third-order valence-electron chi connectivity index (χ3n) is 26.8. The third kappa shape index (κ3) is 34.1. The zero-order valence-corrected chi connectivity index (χ0v) is 84.1. The van der Waals surface area contributed by atoms with Crippen LogP contribution in [-0.2, 0) is 0 Å². The van der Waals surface area contributed by atoms with E-state index in [1.165, 1.54) is 171 Å². The number of phenols is 2. The minimum atomic E-state index is -0.306. The van der Waals surface area contributed by atoms with Crippen LogP contribution in [0.15, 0.2) is 214 Å². The molecule has 6 amide bonds. The van der Waals surface area contributed by atoms with E-state index in [0.717, 1.165) is 139 Å². The standard InChI is InChI=1S/C21H22N4O2.3C19H24N4O.C18H22N4O2.C17H20N4O.CH4/c26-19-11-10-17(15-8-4-5-9-16(15)19)25-21(27)18-12-20(23-13-22-18)24-14-6-2-1-3-7-14;1-13-8-9-16(10-14(13)2)23-19(24)17-11-18(21-12-20-17)22-15-6-4-3-5-7-15;1-13-8-9-16(14(2)10-13)23-19(24)17-11-18(21-12-20-17)22-15-6-4-3-5-7-15;1-14-7-9-16(10-8-14)23-19(24)17-11-18(22-13-21-17)20-12-15-5-3-2-4-6-15;1-12-9-14(7-8-16(12)23)22-18(24)15-10-17(20-11-19-15)21-13-5-3-2-4-6-13;1-12-6-8-14(9-7-12)21-17(22)15-10-16(19-11-18-15)20-13-4-2-3-5-13;/h4-5,8-14,26H,1-3,6-7H2,(H,25,27)(H,22,23,24);2*8-12,15H,3-7H2,1-2H3,(H,23,24)(H,20,21,22);7-11,13,15H,2-6,12H2,1H3,(H,23,24)(H,20,21,22);7-11,13,23H,2-6H2,1H3,(H,22,24)(H,19,20,21);6-11,13H,2-5H2,1H3,(H,21,22)(H,18,19,20);1H4. The smallest absolute Gasteiger partial charge is 0.274 e. The van der Waals surface area contributed by atoms with Crippen LogP contribution in [0.3, 0.4) is 0 Å². The van der Waals surface area contributed by atoms with Crippen LogP contribution in [-0.4, -0.2) is 142 Å². The highest BCUT2D eigenvalue weighted by Gasteiger charge is 2.25. The molecule has 6 aliphatic carbocycles. The molecule has 6 aliphatic rings. The van der Waals surface area contributed by atoms with Crippen LogP contribution in [0.4, 0.5) is 69.0 Å². The van der Waals surface area contributed by atoms with Crippen molar-refractivity contribution in [3.05, 3.63) is 287 Å². The first-order valence-electron chi connectivity index (χ1n) is 51.1. The highest BCUT2D eigenvalue weighted by atomic mass is 16.3. The van der Waals surface area contributed by atoms with Crippen LogP contribution in [0, 0.1) is 54.4 Å². The van der Waals surface area contributed by atoms with Crippen LogP contribution in [0.5, 0.6) is 11.5 Å². The third-order valence-corrected chi connectivity index (χ3v) is 26.8. The van der Waals surface area contributed by atoms with Crippen molar-refractivity contribution < 1.29 is 39.0 Å². The first kappa shape index (κ1) is 108. The van der Waals surface area contributed by atoms with Crippen molar-refractivity contribution in [2.75, 3.05) is 70.3 Å². The molecule has 6 heterocycles. The van der Waals surface area contributed by atoms with E-state index >= 15 is 0 Å². The summed E-state index contributed by atoms with van der Waals surface area (Å²) in [6.45, 7) is 14.8. The quantitative estimate of drug-likeness (QED) is 0.0236. The Morgan fingerprint density at radius 3 is 0.904 bits per heavy atom. The van der Waals surface area contributed by atoms with Gasteiger partial charge in [-0.1, -0.05) is 200 Å². The largest absolute Gasteiger partial charge is 0.508 e. The van der Waals surface area contributed by atoms with Gasteiger partial charge in [0.15, 0.2) is 0 Å². The normalized spacial score (nSPS) is 14.9. The van der Waals surface area contributed by atoms with Gasteiger partial charge in [0.25, 0.3) is 35.4 Å². The van der Waals surface area contributed by atoms with Gasteiger partial charge in [0.1, 0.15) is 119 Å². The molecule has 0 radical (unpaired) electrons. The number of fused-ring (bicyclic) bond motifs is 1. The number of aromatic nitrogens is 12. The van der Waals surface area contributed by atoms with E-state index in [0.29, 0.717) is 110 Å². The summed E-state index contributed by atoms with van der Waals surface area (Å²) < 4.78 is 0. The maximum absolute atomic E-state index is 12.7. The molecule has 19 rings (SSSR count). The van der Waals surface area contributed by atoms with Crippen molar-refractivity contribution in [1.82, 2.24) is 59.8 Å². The Labute approximate surface area is 856 Å². The molecule has 13 aromatic rings. The van der Waals surface area contributed by atoms with Crippen molar-refractivity contribution in [3.8, 4) is 11.5 Å². The average Bonchev–Trinajstić information content (AvgIpc) is 0.817. The van der Waals surface area contributed by atoms with E-state index in [-0.39, 0.29) is 54.4 Å². The highest BCUT2D eigenvalue weighted by Crippen LogP contribution is 2.34. The molecule has 6 fully saturated rings. The number of aryl methyl sites for hydroxylation is 7. The summed E-state index contributed by atoms with van der Waals surface area (Å²) in [6.07, 6.45) is 44.3. The zero-order chi connectivity index (χ0) is 102. The monoisotopic (exact) mass is 1970 g/mol. The minimum Gasteiger partial charge on any atom is -0.508 e. The van der Waals surface area contributed by atoms with E-state index in [2.05, 4.69) is 131 Å². The van der Waals surface area contributed by atoms with Gasteiger partial charge in [-0.3, -0.25) is 28.8 Å². The molecular formula is C114H140N24O8. The van der Waals surface area contributed by atoms with Crippen LogP contribution in [0.25, 0.3) is 10.8 Å². The number of nitrogens with one attached hydrogen (secondary N) is 12. The van der Waals surface area contributed by atoms with Crippen molar-refractivity contribution in [2.45, 2.75) is 272 Å². The molecule has 0 bridgehead atoms. The molecule has 32 heteroatoms. The number of carbonyl (C=O) groups excluding carboxylic acids is 6. The predicted molar refractivity (Wildman–Crippen MR) is 582 cm³/mol. The first-order valence-corrected chi connectivity index (χ1v) is 51.1. The molecule has 0 atom stereocenters. The van der Waals surface area contributed by atoms with Crippen molar-refractivity contribution >= 4 is 115 Å². The molecule has 0 aliphatic heterocycles. The van der Waals surface area contributed by atoms with Crippen LogP contribution >= 0.6 is 0 Å². The molecule has 146 heavy (non-hydrogen) atoms. The Hall–Kier alpha value is -15.5. The van der Waals surface area contributed by atoms with Gasteiger partial charge in [-0.05, 0) is 226 Å². The SMILES string of the molecule is C.Cc1cc(NC(=O)c2cc(NC3CCCCC3)ncn2)ccc1O.Cc1ccc(NC(=O)c2cc(NC3CCCC3)ncn2)cc1.Cc1ccc(NC(=O)c2cc(NC3CCCCC3)ncn2)c(C)c1.Cc1ccc(NC(=O)c2cc(NC3CCCCC3)ncn2)cc1C.Cc1ccc(NC(=O)c2cc(NCC3CCCCC3)ncn2)cc1.O=C(Nc1ccc(O)c2ccccc12)c1cc(NC2CCCCC2)ncn1. The lowest BCUT2D eigenvalue weighted by molar-refractivity contribution is 0.101. The van der Waals surface area contributed by atoms with Gasteiger partial charge in [0.2, 0.25) is 0 Å². The number of amides is 6. The lowest BCUT2D eigenvalue weighted by atomic mass is 9.89. The molecular weight excluding hydrogens is 1830 g/mol. The van der Waals surface area contributed by atoms with Crippen molar-refractivity contribution in [3.63, 3.8) is 0 Å². The number of aromatic hydroxyl groups is 2. The second-order valence-corrected chi connectivity index (χ2v) is 38.4. The van der Waals surface area contributed by atoms with E-state index in [1.807, 2.05) is 144 Å². The number of nitrogens with zero attached hydrogens (tertiary/aromatic N) is 12. The number of hydrogen-bond acceptors (Lipinski definition) is 26. The Bertz CT molecular complexity index is 6330. The van der Waals surface area contributed by atoms with Crippen molar-refractivity contribution in [2.24, 2.45) is 5.92 Å². The van der Waals surface area contributed by atoms with Gasteiger partial charge < -0.3 is 74.0 Å². The fourth-order valence-electron chi connectivity index (χ4n) is 18.4. The number of benzene rings is 7. The summed E-state index contributed by atoms with van der Waals surface area (Å²) >= 11 is 0. The zero-order valence-electron chi connectivity index (χ0n) is 84.1. The van der Waals surface area contributed by atoms with Gasteiger partial charge >= 0.3 is 0 Å². The number of phenolic OH excluding ortho intramolecular Hbond substituents is 2. The molecule has 6 saturated carbocycles. The molecule has 6 aromatic heterocycles. The number of hydrogen-bond donors (Lipinski definition) is 14. The van der Waals surface area contributed by atoms with Gasteiger partial charge in [-0.15, -0.1) is 0 Å². The summed E-state index contributed by atoms with van der Waals surface area (Å²) in [7, 11) is 0. The summed E-state index contributed by atoms with van der Waals surface area (Å²) in [4.78, 5) is 124. The predicted octanol–water partition coefficient (Wildman–Crippen LogP) is 24.1. The summed E-state index contributed by atoms with van der Waals surface area (Å²) in [5, 5.41) is 58.6. The van der Waals surface area contributed by atoms with E-state index in [4.69, 9.17) is 0 Å². The molecule has 0 unspecified atom stereocenters. The molecule has 14 N–H and O–H groups in total. The molecule has 7 aromatic carbocycles. The van der Waals surface area contributed by atoms with E-state index in [1.54, 1.807) is 73.7 Å². The van der Waals surface area contributed by atoms with Gasteiger partial charge in [-0.2, -0.15) is 0 Å². The lowest BCUT2D eigenvalue weighted by Crippen LogP contribution is -2.23. The summed E-state index contributed by atoms with van der Waals surface area (Å²) in [5.41, 5.74) is 14.1. The van der Waals surface area contributed by atoms with E-state index < -0.39 is 0 Å². The van der Waals surface area contributed by atoms with Gasteiger partial charge in [0, 0.05) is 118 Å². The molecule has 0 saturated heterocycles. The highest BCUT2D eigenvalue weighted by molar-refractivity contribution is 6.10. The molecule has 32 nitrogen and oxygen atoms in total. The van der Waals surface area contributed by atoms with Crippen LogP contribution < -0.4 is 63.8 Å². The second-order valence-electron chi connectivity index (χ2n) is 38.4. The number of rotatable bonds is 25. The molecule has 0 spiro atoms. The van der Waals surface area contributed by atoms with Crippen molar-refractivity contribution in [1.29, 1.82) is 0 Å². The van der Waals surface area contributed by atoms with Gasteiger partial charge in [-0.25, -0.2) is 59.8 Å². The van der Waals surface area contributed by atoms with Gasteiger partial charge in [0.05, 0.1) is 0 Å².